The van der Waals surface area contributed by atoms with E-state index in [4.69, 9.17) is 14.4 Å². The first-order valence-electron chi connectivity index (χ1n) is 6.86. The SMILES string of the molecule is N#Cc1ccc(COC(=O)c2cc3ccccc3oc2=O)cc1. The molecular formula is C18H11NO4. The summed E-state index contributed by atoms with van der Waals surface area (Å²) in [5.41, 5.74) is 0.796. The molecule has 0 amide bonds. The fraction of sp³-hybridized carbons (Fsp3) is 0.0556. The lowest BCUT2D eigenvalue weighted by Crippen LogP contribution is -2.16. The first kappa shape index (κ1) is 14.5. The van der Waals surface area contributed by atoms with Gasteiger partial charge in [-0.3, -0.25) is 0 Å². The second-order valence-corrected chi connectivity index (χ2v) is 4.87. The van der Waals surface area contributed by atoms with Crippen LogP contribution in [0.25, 0.3) is 11.0 Å². The zero-order valence-corrected chi connectivity index (χ0v) is 12.0. The molecule has 1 heterocycles. The molecule has 0 aliphatic heterocycles. The minimum Gasteiger partial charge on any atom is -0.457 e. The highest BCUT2D eigenvalue weighted by Crippen LogP contribution is 2.13. The smallest absolute Gasteiger partial charge is 0.351 e. The van der Waals surface area contributed by atoms with E-state index in [0.29, 0.717) is 16.5 Å². The summed E-state index contributed by atoms with van der Waals surface area (Å²) in [4.78, 5) is 23.9. The lowest BCUT2D eigenvalue weighted by Gasteiger charge is -2.05. The number of ether oxygens (including phenoxy) is 1. The lowest BCUT2D eigenvalue weighted by atomic mass is 10.1. The van der Waals surface area contributed by atoms with Crippen LogP contribution >= 0.6 is 0 Å². The molecule has 0 spiro atoms. The molecule has 112 valence electrons. The van der Waals surface area contributed by atoms with E-state index in [0.717, 1.165) is 5.56 Å². The van der Waals surface area contributed by atoms with Crippen LogP contribution in [-0.2, 0) is 11.3 Å². The van der Waals surface area contributed by atoms with Gasteiger partial charge in [-0.25, -0.2) is 9.59 Å². The molecule has 23 heavy (non-hydrogen) atoms. The predicted molar refractivity (Wildman–Crippen MR) is 82.8 cm³/mol. The Kier molecular flexibility index (Phi) is 3.89. The van der Waals surface area contributed by atoms with E-state index in [9.17, 15) is 9.59 Å². The summed E-state index contributed by atoms with van der Waals surface area (Å²) >= 11 is 0. The van der Waals surface area contributed by atoms with Crippen molar-refractivity contribution >= 4 is 16.9 Å². The van der Waals surface area contributed by atoms with Crippen molar-refractivity contribution in [1.82, 2.24) is 0 Å². The Labute approximate surface area is 131 Å². The van der Waals surface area contributed by atoms with Gasteiger partial charge in [-0.2, -0.15) is 5.26 Å². The number of nitriles is 1. The molecule has 3 rings (SSSR count). The van der Waals surface area contributed by atoms with Crippen molar-refractivity contribution < 1.29 is 13.9 Å². The molecule has 0 fully saturated rings. The van der Waals surface area contributed by atoms with Crippen molar-refractivity contribution in [1.29, 1.82) is 5.26 Å². The number of rotatable bonds is 3. The number of para-hydroxylation sites is 1. The number of fused-ring (bicyclic) bond motifs is 1. The maximum Gasteiger partial charge on any atom is 0.351 e. The standard InChI is InChI=1S/C18H11NO4/c19-10-12-5-7-13(8-6-12)11-22-17(20)15-9-14-3-1-2-4-16(14)23-18(15)21/h1-9H,11H2. The van der Waals surface area contributed by atoms with E-state index < -0.39 is 11.6 Å². The van der Waals surface area contributed by atoms with Gasteiger partial charge in [-0.05, 0) is 29.8 Å². The largest absolute Gasteiger partial charge is 0.457 e. The van der Waals surface area contributed by atoms with Gasteiger partial charge in [0, 0.05) is 5.39 Å². The topological polar surface area (TPSA) is 80.3 Å². The molecule has 0 saturated carbocycles. The molecule has 2 aromatic carbocycles. The van der Waals surface area contributed by atoms with Crippen LogP contribution < -0.4 is 5.63 Å². The third kappa shape index (κ3) is 3.11. The summed E-state index contributed by atoms with van der Waals surface area (Å²) in [6.07, 6.45) is 0. The molecule has 5 heteroatoms. The molecule has 0 aliphatic carbocycles. The van der Waals surface area contributed by atoms with Crippen molar-refractivity contribution in [2.45, 2.75) is 6.61 Å². The normalized spacial score (nSPS) is 10.2. The van der Waals surface area contributed by atoms with E-state index >= 15 is 0 Å². The number of nitrogens with zero attached hydrogens (tertiary/aromatic N) is 1. The van der Waals surface area contributed by atoms with Crippen LogP contribution in [0.1, 0.15) is 21.5 Å². The number of carbonyl (C=O) groups is 1. The molecular weight excluding hydrogens is 294 g/mol. The van der Waals surface area contributed by atoms with E-state index in [1.807, 2.05) is 6.07 Å². The van der Waals surface area contributed by atoms with Gasteiger partial charge in [0.15, 0.2) is 0 Å². The van der Waals surface area contributed by atoms with E-state index in [2.05, 4.69) is 0 Å². The van der Waals surface area contributed by atoms with Crippen LogP contribution in [0.15, 0.2) is 63.8 Å². The molecule has 0 saturated heterocycles. The zero-order chi connectivity index (χ0) is 16.2. The molecule has 5 nitrogen and oxygen atoms in total. The number of hydrogen-bond donors (Lipinski definition) is 0. The van der Waals surface area contributed by atoms with Crippen LogP contribution in [0.4, 0.5) is 0 Å². The molecule has 0 radical (unpaired) electrons. The van der Waals surface area contributed by atoms with Gasteiger partial charge in [-0.15, -0.1) is 0 Å². The summed E-state index contributed by atoms with van der Waals surface area (Å²) in [5.74, 6) is -0.742. The highest BCUT2D eigenvalue weighted by atomic mass is 16.5. The predicted octanol–water partition coefficient (Wildman–Crippen LogP) is 3.02. The van der Waals surface area contributed by atoms with Gasteiger partial charge in [0.2, 0.25) is 0 Å². The molecule has 3 aromatic rings. The van der Waals surface area contributed by atoms with Gasteiger partial charge in [0.05, 0.1) is 11.6 Å². The molecule has 0 aliphatic rings. The van der Waals surface area contributed by atoms with Crippen molar-refractivity contribution in [2.24, 2.45) is 0 Å². The fourth-order valence-corrected chi connectivity index (χ4v) is 2.11. The summed E-state index contributed by atoms with van der Waals surface area (Å²) in [6, 6.07) is 17.0. The van der Waals surface area contributed by atoms with Gasteiger partial charge in [-0.1, -0.05) is 30.3 Å². The van der Waals surface area contributed by atoms with Crippen LogP contribution in [0, 0.1) is 11.3 Å². The Balaban J connectivity index is 1.79. The van der Waals surface area contributed by atoms with Crippen molar-refractivity contribution in [2.75, 3.05) is 0 Å². The molecule has 0 N–H and O–H groups in total. The van der Waals surface area contributed by atoms with Crippen LogP contribution in [-0.4, -0.2) is 5.97 Å². The Bertz CT molecular complexity index is 965. The number of esters is 1. The second-order valence-electron chi connectivity index (χ2n) is 4.87. The van der Waals surface area contributed by atoms with Crippen molar-refractivity contribution in [3.63, 3.8) is 0 Å². The number of benzene rings is 2. The summed E-state index contributed by atoms with van der Waals surface area (Å²) in [7, 11) is 0. The van der Waals surface area contributed by atoms with Gasteiger partial charge in [0.1, 0.15) is 17.8 Å². The van der Waals surface area contributed by atoms with Crippen LogP contribution in [0.2, 0.25) is 0 Å². The Morgan fingerprint density at radius 3 is 2.61 bits per heavy atom. The molecule has 0 atom stereocenters. The van der Waals surface area contributed by atoms with Crippen molar-refractivity contribution in [3.8, 4) is 6.07 Å². The first-order chi connectivity index (χ1) is 11.2. The minimum absolute atomic E-state index is 0.0107. The third-order valence-electron chi connectivity index (χ3n) is 3.31. The fourth-order valence-electron chi connectivity index (χ4n) is 2.11. The van der Waals surface area contributed by atoms with Gasteiger partial charge >= 0.3 is 11.6 Å². The molecule has 0 bridgehead atoms. The number of hydrogen-bond acceptors (Lipinski definition) is 5. The van der Waals surface area contributed by atoms with E-state index in [1.165, 1.54) is 6.07 Å². The van der Waals surface area contributed by atoms with Crippen LogP contribution in [0.3, 0.4) is 0 Å². The summed E-state index contributed by atoms with van der Waals surface area (Å²) in [5, 5.41) is 9.38. The maximum absolute atomic E-state index is 12.1. The Hall–Kier alpha value is -3.39. The average Bonchev–Trinajstić information content (AvgIpc) is 2.59. The average molecular weight is 305 g/mol. The second kappa shape index (κ2) is 6.16. The minimum atomic E-state index is -0.742. The molecule has 1 aromatic heterocycles. The van der Waals surface area contributed by atoms with E-state index in [-0.39, 0.29) is 12.2 Å². The highest BCUT2D eigenvalue weighted by Gasteiger charge is 2.15. The Morgan fingerprint density at radius 1 is 1.13 bits per heavy atom. The zero-order valence-electron chi connectivity index (χ0n) is 12.0. The van der Waals surface area contributed by atoms with Crippen LogP contribution in [0.5, 0.6) is 0 Å². The quantitative estimate of drug-likeness (QED) is 0.549. The third-order valence-corrected chi connectivity index (χ3v) is 3.31. The Morgan fingerprint density at radius 2 is 1.87 bits per heavy atom. The van der Waals surface area contributed by atoms with Crippen molar-refractivity contribution in [3.05, 3.63) is 81.7 Å². The highest BCUT2D eigenvalue weighted by molar-refractivity contribution is 5.92. The molecule has 0 unspecified atom stereocenters. The monoisotopic (exact) mass is 305 g/mol. The summed E-state index contributed by atoms with van der Waals surface area (Å²) in [6.45, 7) is 0.0107. The summed E-state index contributed by atoms with van der Waals surface area (Å²) < 4.78 is 10.2. The first-order valence-corrected chi connectivity index (χ1v) is 6.86. The lowest BCUT2D eigenvalue weighted by molar-refractivity contribution is 0.0468. The maximum atomic E-state index is 12.1. The number of carbonyl (C=O) groups excluding carboxylic acids is 1. The van der Waals surface area contributed by atoms with Gasteiger partial charge < -0.3 is 9.15 Å². The van der Waals surface area contributed by atoms with E-state index in [1.54, 1.807) is 48.5 Å². The van der Waals surface area contributed by atoms with Gasteiger partial charge in [0.25, 0.3) is 0 Å².